The van der Waals surface area contributed by atoms with E-state index in [-0.39, 0.29) is 9.26 Å². The summed E-state index contributed by atoms with van der Waals surface area (Å²) < 4.78 is 37.1. The summed E-state index contributed by atoms with van der Waals surface area (Å²) in [5.74, 6) is -0.436. The van der Waals surface area contributed by atoms with E-state index < -0.39 is 15.8 Å². The molecular formula is C7H7FINO2S. The van der Waals surface area contributed by atoms with Crippen LogP contribution in [0, 0.1) is 9.39 Å². The van der Waals surface area contributed by atoms with E-state index in [2.05, 4.69) is 4.72 Å². The summed E-state index contributed by atoms with van der Waals surface area (Å²) in [5.41, 5.74) is 0.267. The van der Waals surface area contributed by atoms with Gasteiger partial charge in [0.25, 0.3) is 0 Å². The molecular weight excluding hydrogens is 308 g/mol. The van der Waals surface area contributed by atoms with Gasteiger partial charge >= 0.3 is 0 Å². The first-order chi connectivity index (χ1) is 5.90. The summed E-state index contributed by atoms with van der Waals surface area (Å²) in [6.07, 6.45) is 1.02. The van der Waals surface area contributed by atoms with Crippen LogP contribution in [-0.4, -0.2) is 14.7 Å². The Labute approximate surface area is 89.5 Å². The van der Waals surface area contributed by atoms with Crippen LogP contribution in [0.5, 0.6) is 0 Å². The number of benzene rings is 1. The lowest BCUT2D eigenvalue weighted by molar-refractivity contribution is 0.606. The lowest BCUT2D eigenvalue weighted by Crippen LogP contribution is -2.11. The zero-order valence-corrected chi connectivity index (χ0v) is 9.69. The highest BCUT2D eigenvalue weighted by Gasteiger charge is 2.08. The lowest BCUT2D eigenvalue weighted by Gasteiger charge is -2.05. The summed E-state index contributed by atoms with van der Waals surface area (Å²) in [6, 6.07) is 4.23. The van der Waals surface area contributed by atoms with E-state index in [4.69, 9.17) is 0 Å². The van der Waals surface area contributed by atoms with Gasteiger partial charge in [-0.15, -0.1) is 0 Å². The van der Waals surface area contributed by atoms with Crippen molar-refractivity contribution in [2.24, 2.45) is 0 Å². The van der Waals surface area contributed by atoms with Crippen LogP contribution in [0.15, 0.2) is 18.2 Å². The fourth-order valence-corrected chi connectivity index (χ4v) is 2.03. The maximum absolute atomic E-state index is 12.9. The Balaban J connectivity index is 3.10. The van der Waals surface area contributed by atoms with Gasteiger partial charge < -0.3 is 0 Å². The molecule has 0 spiro atoms. The zero-order valence-electron chi connectivity index (χ0n) is 6.71. The van der Waals surface area contributed by atoms with Crippen molar-refractivity contribution < 1.29 is 12.8 Å². The number of anilines is 1. The maximum Gasteiger partial charge on any atom is 0.229 e. The highest BCUT2D eigenvalue weighted by atomic mass is 127. The summed E-state index contributed by atoms with van der Waals surface area (Å²) in [6.45, 7) is 0. The molecule has 3 nitrogen and oxygen atoms in total. The molecule has 13 heavy (non-hydrogen) atoms. The SMILES string of the molecule is CS(=O)(=O)Nc1cccc(F)c1I. The summed E-state index contributed by atoms with van der Waals surface area (Å²) >= 11 is 1.74. The van der Waals surface area contributed by atoms with E-state index >= 15 is 0 Å². The predicted octanol–water partition coefficient (Wildman–Crippen LogP) is 1.80. The van der Waals surface area contributed by atoms with Gasteiger partial charge in [-0.3, -0.25) is 4.72 Å². The van der Waals surface area contributed by atoms with Crippen LogP contribution < -0.4 is 4.72 Å². The van der Waals surface area contributed by atoms with Crippen molar-refractivity contribution in [2.45, 2.75) is 0 Å². The molecule has 72 valence electrons. The van der Waals surface area contributed by atoms with Crippen molar-refractivity contribution in [3.63, 3.8) is 0 Å². The third kappa shape index (κ3) is 3.11. The van der Waals surface area contributed by atoms with Crippen LogP contribution in [0.2, 0.25) is 0 Å². The van der Waals surface area contributed by atoms with Crippen molar-refractivity contribution in [1.82, 2.24) is 0 Å². The minimum atomic E-state index is -3.34. The standard InChI is InChI=1S/C7H7FINO2S/c1-13(11,12)10-6-4-2-3-5(8)7(6)9/h2-4,10H,1H3. The second kappa shape index (κ2) is 3.79. The largest absolute Gasteiger partial charge is 0.283 e. The second-order valence-electron chi connectivity index (χ2n) is 2.48. The molecule has 1 aromatic carbocycles. The van der Waals surface area contributed by atoms with Gasteiger partial charge in [0.15, 0.2) is 0 Å². The lowest BCUT2D eigenvalue weighted by atomic mass is 10.3. The van der Waals surface area contributed by atoms with Gasteiger partial charge in [-0.25, -0.2) is 12.8 Å². The molecule has 0 saturated heterocycles. The minimum absolute atomic E-state index is 0.267. The Kier molecular flexibility index (Phi) is 3.12. The highest BCUT2D eigenvalue weighted by Crippen LogP contribution is 2.21. The predicted molar refractivity (Wildman–Crippen MR) is 57.6 cm³/mol. The van der Waals surface area contributed by atoms with Crippen LogP contribution in [0.1, 0.15) is 0 Å². The number of hydrogen-bond acceptors (Lipinski definition) is 2. The van der Waals surface area contributed by atoms with Gasteiger partial charge in [-0.2, -0.15) is 0 Å². The zero-order chi connectivity index (χ0) is 10.1. The van der Waals surface area contributed by atoms with Crippen LogP contribution in [0.4, 0.5) is 10.1 Å². The molecule has 0 heterocycles. The summed E-state index contributed by atoms with van der Waals surface area (Å²) in [5, 5.41) is 0. The average molecular weight is 315 g/mol. The van der Waals surface area contributed by atoms with Gasteiger partial charge in [-0.05, 0) is 34.7 Å². The highest BCUT2D eigenvalue weighted by molar-refractivity contribution is 14.1. The van der Waals surface area contributed by atoms with Crippen LogP contribution in [0.25, 0.3) is 0 Å². The van der Waals surface area contributed by atoms with Gasteiger partial charge in [0.05, 0.1) is 15.5 Å². The van der Waals surface area contributed by atoms with Gasteiger partial charge in [0, 0.05) is 0 Å². The first-order valence-corrected chi connectivity index (χ1v) is 6.29. The third-order valence-electron chi connectivity index (χ3n) is 1.25. The fourth-order valence-electron chi connectivity index (χ4n) is 0.782. The first kappa shape index (κ1) is 10.7. The molecule has 0 aliphatic heterocycles. The monoisotopic (exact) mass is 315 g/mol. The van der Waals surface area contributed by atoms with E-state index in [0.717, 1.165) is 6.26 Å². The molecule has 0 aliphatic rings. The Morgan fingerprint density at radius 3 is 2.62 bits per heavy atom. The van der Waals surface area contributed by atoms with Gasteiger partial charge in [-0.1, -0.05) is 6.07 Å². The van der Waals surface area contributed by atoms with Crippen molar-refractivity contribution >= 4 is 38.3 Å². The van der Waals surface area contributed by atoms with E-state index in [0.29, 0.717) is 0 Å². The molecule has 0 atom stereocenters. The van der Waals surface area contributed by atoms with Crippen molar-refractivity contribution in [3.8, 4) is 0 Å². The topological polar surface area (TPSA) is 46.2 Å². The second-order valence-corrected chi connectivity index (χ2v) is 5.30. The molecule has 6 heteroatoms. The molecule has 1 aromatic rings. The Morgan fingerprint density at radius 1 is 1.46 bits per heavy atom. The summed E-state index contributed by atoms with van der Waals surface area (Å²) in [7, 11) is -3.34. The van der Waals surface area contributed by atoms with Crippen LogP contribution in [-0.2, 0) is 10.0 Å². The first-order valence-electron chi connectivity index (χ1n) is 3.32. The number of nitrogens with one attached hydrogen (secondary N) is 1. The Hall–Kier alpha value is -0.370. The van der Waals surface area contributed by atoms with E-state index in [1.807, 2.05) is 0 Å². The maximum atomic E-state index is 12.9. The normalized spacial score (nSPS) is 11.3. The molecule has 1 N–H and O–H groups in total. The van der Waals surface area contributed by atoms with Gasteiger partial charge in [0.1, 0.15) is 5.82 Å². The molecule has 0 radical (unpaired) electrons. The molecule has 0 saturated carbocycles. The van der Waals surface area contributed by atoms with E-state index in [1.54, 1.807) is 22.6 Å². The number of sulfonamides is 1. The van der Waals surface area contributed by atoms with Crippen molar-refractivity contribution in [1.29, 1.82) is 0 Å². The molecule has 0 bridgehead atoms. The number of rotatable bonds is 2. The van der Waals surface area contributed by atoms with E-state index in [9.17, 15) is 12.8 Å². The van der Waals surface area contributed by atoms with Crippen molar-refractivity contribution in [3.05, 3.63) is 27.6 Å². The van der Waals surface area contributed by atoms with Gasteiger partial charge in [0.2, 0.25) is 10.0 Å². The Bertz CT molecular complexity index is 419. The van der Waals surface area contributed by atoms with Crippen molar-refractivity contribution in [2.75, 3.05) is 11.0 Å². The van der Waals surface area contributed by atoms with Crippen LogP contribution >= 0.6 is 22.6 Å². The quantitative estimate of drug-likeness (QED) is 0.846. The van der Waals surface area contributed by atoms with Crippen LogP contribution in [0.3, 0.4) is 0 Å². The molecule has 0 unspecified atom stereocenters. The molecule has 0 aliphatic carbocycles. The number of halogens is 2. The Morgan fingerprint density at radius 2 is 2.08 bits per heavy atom. The molecule has 0 amide bonds. The molecule has 1 rings (SSSR count). The number of hydrogen-bond donors (Lipinski definition) is 1. The van der Waals surface area contributed by atoms with E-state index in [1.165, 1.54) is 18.2 Å². The summed E-state index contributed by atoms with van der Waals surface area (Å²) in [4.78, 5) is 0. The molecule has 0 fully saturated rings. The molecule has 0 aromatic heterocycles. The average Bonchev–Trinajstić information content (AvgIpc) is 1.96. The third-order valence-corrected chi connectivity index (χ3v) is 2.93. The minimum Gasteiger partial charge on any atom is -0.283 e. The smallest absolute Gasteiger partial charge is 0.229 e. The fraction of sp³-hybridized carbons (Fsp3) is 0.143.